The lowest BCUT2D eigenvalue weighted by Gasteiger charge is -2.30. The van der Waals surface area contributed by atoms with Crippen molar-refractivity contribution in [2.45, 2.75) is 37.5 Å². The molecule has 0 N–H and O–H groups in total. The number of piperidine rings is 1. The summed E-state index contributed by atoms with van der Waals surface area (Å²) < 4.78 is 27.0. The first-order chi connectivity index (χ1) is 10.9. The van der Waals surface area contributed by atoms with Crippen molar-refractivity contribution in [3.8, 4) is 0 Å². The molecule has 0 unspecified atom stereocenters. The van der Waals surface area contributed by atoms with E-state index in [2.05, 4.69) is 11.9 Å². The van der Waals surface area contributed by atoms with Crippen molar-refractivity contribution in [1.29, 1.82) is 0 Å². The van der Waals surface area contributed by atoms with E-state index in [-0.39, 0.29) is 9.92 Å². The van der Waals surface area contributed by atoms with Crippen molar-refractivity contribution in [1.82, 2.24) is 9.29 Å². The molecule has 23 heavy (non-hydrogen) atoms. The smallest absolute Gasteiger partial charge is 0.244 e. The molecule has 1 aliphatic rings. The van der Waals surface area contributed by atoms with Gasteiger partial charge in [0.1, 0.15) is 4.90 Å². The minimum atomic E-state index is -3.52. The number of benzene rings is 1. The molecule has 1 aromatic heterocycles. The van der Waals surface area contributed by atoms with E-state index in [0.29, 0.717) is 19.0 Å². The molecule has 2 aromatic rings. The van der Waals surface area contributed by atoms with Gasteiger partial charge in [0, 0.05) is 23.9 Å². The maximum atomic E-state index is 12.7. The van der Waals surface area contributed by atoms with Crippen molar-refractivity contribution in [3.05, 3.63) is 44.9 Å². The molecule has 3 rings (SSSR count). The van der Waals surface area contributed by atoms with Gasteiger partial charge in [-0.2, -0.15) is 4.31 Å². The second-order valence-electron chi connectivity index (χ2n) is 5.80. The van der Waals surface area contributed by atoms with E-state index in [1.807, 2.05) is 6.92 Å². The molecular weight excluding hydrogens is 352 g/mol. The van der Waals surface area contributed by atoms with Gasteiger partial charge in [0.05, 0.1) is 15.7 Å². The minimum Gasteiger partial charge on any atom is -0.246 e. The number of nitrogens with zero attached hydrogens (tertiary/aromatic N) is 2. The zero-order valence-corrected chi connectivity index (χ0v) is 15.5. The number of halogens is 1. The van der Waals surface area contributed by atoms with Crippen LogP contribution in [0.15, 0.2) is 29.2 Å². The third-order valence-electron chi connectivity index (χ3n) is 4.30. The van der Waals surface area contributed by atoms with Gasteiger partial charge >= 0.3 is 0 Å². The van der Waals surface area contributed by atoms with Gasteiger partial charge in [-0.3, -0.25) is 0 Å². The normalized spacial score (nSPS) is 17.5. The van der Waals surface area contributed by atoms with Crippen LogP contribution in [0.1, 0.15) is 34.3 Å². The van der Waals surface area contributed by atoms with Crippen molar-refractivity contribution in [2.24, 2.45) is 0 Å². The van der Waals surface area contributed by atoms with E-state index >= 15 is 0 Å². The van der Waals surface area contributed by atoms with Crippen LogP contribution < -0.4 is 0 Å². The van der Waals surface area contributed by atoms with Gasteiger partial charge in [0.25, 0.3) is 0 Å². The van der Waals surface area contributed by atoms with Gasteiger partial charge in [-0.05, 0) is 38.8 Å². The zero-order valence-electron chi connectivity index (χ0n) is 13.1. The third kappa shape index (κ3) is 3.31. The number of sulfonamides is 1. The summed E-state index contributed by atoms with van der Waals surface area (Å²) in [5.41, 5.74) is 1.08. The summed E-state index contributed by atoms with van der Waals surface area (Å²) in [5, 5.41) is 1.41. The van der Waals surface area contributed by atoms with Crippen LogP contribution in [0.25, 0.3) is 0 Å². The molecule has 0 saturated carbocycles. The van der Waals surface area contributed by atoms with Gasteiger partial charge in [-0.1, -0.05) is 23.7 Å². The Balaban J connectivity index is 1.75. The van der Waals surface area contributed by atoms with Gasteiger partial charge in [-0.25, -0.2) is 13.4 Å². The Hall–Kier alpha value is -0.950. The second-order valence-corrected chi connectivity index (χ2v) is 9.35. The summed E-state index contributed by atoms with van der Waals surface area (Å²) in [4.78, 5) is 6.06. The molecule has 7 heteroatoms. The Bertz CT molecular complexity index is 790. The standard InChI is InChI=1S/C16H19ClN2O2S2/c1-11-12(2)22-16(18-11)13-7-9-19(10-8-13)23(20,21)15-6-4-3-5-14(15)17/h3-6,13H,7-10H2,1-2H3. The van der Waals surface area contributed by atoms with Gasteiger partial charge in [-0.15, -0.1) is 11.3 Å². The van der Waals surface area contributed by atoms with Gasteiger partial charge in [0.2, 0.25) is 10.0 Å². The lowest BCUT2D eigenvalue weighted by molar-refractivity contribution is 0.319. The first-order valence-electron chi connectivity index (χ1n) is 7.58. The highest BCUT2D eigenvalue weighted by Crippen LogP contribution is 2.34. The van der Waals surface area contributed by atoms with Crippen LogP contribution in [0.4, 0.5) is 0 Å². The highest BCUT2D eigenvalue weighted by atomic mass is 35.5. The Labute approximate surface area is 146 Å². The van der Waals surface area contributed by atoms with E-state index < -0.39 is 10.0 Å². The van der Waals surface area contributed by atoms with Crippen LogP contribution in [0.2, 0.25) is 5.02 Å². The molecular formula is C16H19ClN2O2S2. The van der Waals surface area contributed by atoms with Crippen molar-refractivity contribution >= 4 is 33.0 Å². The minimum absolute atomic E-state index is 0.195. The maximum Gasteiger partial charge on any atom is 0.244 e. The summed E-state index contributed by atoms with van der Waals surface area (Å²) in [6.07, 6.45) is 1.60. The molecule has 0 radical (unpaired) electrons. The maximum absolute atomic E-state index is 12.7. The molecule has 1 saturated heterocycles. The highest BCUT2D eigenvalue weighted by molar-refractivity contribution is 7.89. The largest absolute Gasteiger partial charge is 0.246 e. The van der Waals surface area contributed by atoms with E-state index in [0.717, 1.165) is 23.5 Å². The summed E-state index contributed by atoms with van der Waals surface area (Å²) in [7, 11) is -3.52. The number of hydrogen-bond donors (Lipinski definition) is 0. The van der Waals surface area contributed by atoms with Crippen molar-refractivity contribution in [2.75, 3.05) is 13.1 Å². The number of aromatic nitrogens is 1. The van der Waals surface area contributed by atoms with Crippen LogP contribution >= 0.6 is 22.9 Å². The number of hydrogen-bond acceptors (Lipinski definition) is 4. The number of aryl methyl sites for hydroxylation is 2. The van der Waals surface area contributed by atoms with Crippen LogP contribution in [0.3, 0.4) is 0 Å². The van der Waals surface area contributed by atoms with Gasteiger partial charge in [0.15, 0.2) is 0 Å². The fraction of sp³-hybridized carbons (Fsp3) is 0.438. The lowest BCUT2D eigenvalue weighted by atomic mass is 9.99. The molecule has 4 nitrogen and oxygen atoms in total. The third-order valence-corrected chi connectivity index (χ3v) is 7.94. The second kappa shape index (κ2) is 6.51. The highest BCUT2D eigenvalue weighted by Gasteiger charge is 2.32. The topological polar surface area (TPSA) is 50.3 Å². The van der Waals surface area contributed by atoms with Crippen LogP contribution in [-0.2, 0) is 10.0 Å². The van der Waals surface area contributed by atoms with Crippen molar-refractivity contribution < 1.29 is 8.42 Å². The average molecular weight is 371 g/mol. The van der Waals surface area contributed by atoms with Gasteiger partial charge < -0.3 is 0 Å². The van der Waals surface area contributed by atoms with E-state index in [1.165, 1.54) is 9.18 Å². The first kappa shape index (κ1) is 16.9. The summed E-state index contributed by atoms with van der Waals surface area (Å²) in [6.45, 7) is 5.12. The number of rotatable bonds is 3. The molecule has 1 fully saturated rings. The van der Waals surface area contributed by atoms with Crippen LogP contribution in [0, 0.1) is 13.8 Å². The molecule has 1 aromatic carbocycles. The first-order valence-corrected chi connectivity index (χ1v) is 10.2. The van der Waals surface area contributed by atoms with E-state index in [9.17, 15) is 8.42 Å². The Morgan fingerprint density at radius 2 is 1.87 bits per heavy atom. The average Bonchev–Trinajstić information content (AvgIpc) is 2.87. The number of thiazole rings is 1. The molecule has 1 aliphatic heterocycles. The molecule has 0 bridgehead atoms. The van der Waals surface area contributed by atoms with E-state index in [1.54, 1.807) is 35.6 Å². The quantitative estimate of drug-likeness (QED) is 0.821. The zero-order chi connectivity index (χ0) is 16.6. The predicted molar refractivity (Wildman–Crippen MR) is 93.8 cm³/mol. The Morgan fingerprint density at radius 1 is 1.22 bits per heavy atom. The molecule has 0 spiro atoms. The SMILES string of the molecule is Cc1nc(C2CCN(S(=O)(=O)c3ccccc3Cl)CC2)sc1C. The summed E-state index contributed by atoms with van der Waals surface area (Å²) in [5.74, 6) is 0.352. The fourth-order valence-electron chi connectivity index (χ4n) is 2.81. The van der Waals surface area contributed by atoms with Crippen LogP contribution in [-0.4, -0.2) is 30.8 Å². The predicted octanol–water partition coefficient (Wildman–Crippen LogP) is 3.98. The molecule has 0 atom stereocenters. The molecule has 124 valence electrons. The Morgan fingerprint density at radius 3 is 2.43 bits per heavy atom. The van der Waals surface area contributed by atoms with E-state index in [4.69, 9.17) is 11.6 Å². The summed E-state index contributed by atoms with van der Waals surface area (Å²) >= 11 is 7.79. The monoisotopic (exact) mass is 370 g/mol. The lowest BCUT2D eigenvalue weighted by Crippen LogP contribution is -2.38. The van der Waals surface area contributed by atoms with Crippen molar-refractivity contribution in [3.63, 3.8) is 0 Å². The van der Waals surface area contributed by atoms with Crippen LogP contribution in [0.5, 0.6) is 0 Å². The fourth-order valence-corrected chi connectivity index (χ4v) is 5.86. The summed E-state index contributed by atoms with van der Waals surface area (Å²) in [6, 6.07) is 6.62. The molecule has 2 heterocycles. The molecule has 0 amide bonds. The Kier molecular flexibility index (Phi) is 4.78. The molecule has 0 aliphatic carbocycles.